The number of amides is 2. The molecule has 2 rings (SSSR count). The van der Waals surface area contributed by atoms with Gasteiger partial charge in [0.15, 0.2) is 0 Å². The van der Waals surface area contributed by atoms with E-state index in [9.17, 15) is 9.59 Å². The quantitative estimate of drug-likeness (QED) is 0.812. The molecule has 0 saturated heterocycles. The van der Waals surface area contributed by atoms with Crippen molar-refractivity contribution >= 4 is 11.8 Å². The highest BCUT2D eigenvalue weighted by molar-refractivity contribution is 6.23. The number of hydrogen-bond acceptors (Lipinski definition) is 3. The molecular weight excluding hydrogens is 288 g/mol. The summed E-state index contributed by atoms with van der Waals surface area (Å²) in [5, 5.41) is 0. The summed E-state index contributed by atoms with van der Waals surface area (Å²) < 4.78 is 0. The average molecular weight is 310 g/mol. The van der Waals surface area contributed by atoms with Gasteiger partial charge in [-0.2, -0.15) is 0 Å². The first-order chi connectivity index (χ1) is 10.8. The van der Waals surface area contributed by atoms with Crippen molar-refractivity contribution in [2.45, 2.75) is 32.7 Å². The molecule has 0 fully saturated rings. The molecule has 23 heavy (non-hydrogen) atoms. The van der Waals surface area contributed by atoms with Crippen LogP contribution in [0.2, 0.25) is 0 Å². The van der Waals surface area contributed by atoms with Gasteiger partial charge in [-0.25, -0.2) is 4.90 Å². The Hall–Kier alpha value is -2.46. The molecule has 2 N–H and O–H groups in total. The molecule has 4 heteroatoms. The van der Waals surface area contributed by atoms with E-state index in [0.29, 0.717) is 23.3 Å². The SMILES string of the molecule is C=CC1=C(/C=C\C)C(=O)N(C2=CCC(C(C)(C)N)=CC=C2)C1=O. The maximum Gasteiger partial charge on any atom is 0.266 e. The van der Waals surface area contributed by atoms with Crippen LogP contribution in [0.1, 0.15) is 27.2 Å². The molecule has 120 valence electrons. The lowest BCUT2D eigenvalue weighted by atomic mass is 9.92. The van der Waals surface area contributed by atoms with Gasteiger partial charge in [-0.3, -0.25) is 9.59 Å². The Balaban J connectivity index is 2.36. The first kappa shape index (κ1) is 16.9. The van der Waals surface area contributed by atoms with Gasteiger partial charge in [0.05, 0.1) is 11.1 Å². The average Bonchev–Trinajstić information content (AvgIpc) is 2.66. The molecule has 0 radical (unpaired) electrons. The lowest BCUT2D eigenvalue weighted by molar-refractivity contribution is -0.134. The standard InChI is InChI=1S/C19H22N2O2/c1-5-8-16-15(6-2)17(22)21(18(16)23)14-10-7-9-13(11-12-14)19(3,4)20/h5-10,12H,2,11,20H2,1,3-4H3/b8-5-. The van der Waals surface area contributed by atoms with Crippen LogP contribution < -0.4 is 5.73 Å². The predicted molar refractivity (Wildman–Crippen MR) is 92.1 cm³/mol. The zero-order chi connectivity index (χ0) is 17.2. The van der Waals surface area contributed by atoms with Crippen LogP contribution in [0.5, 0.6) is 0 Å². The van der Waals surface area contributed by atoms with Crippen molar-refractivity contribution in [1.82, 2.24) is 4.90 Å². The summed E-state index contributed by atoms with van der Waals surface area (Å²) in [6.07, 6.45) is 12.8. The third-order valence-corrected chi connectivity index (χ3v) is 3.88. The summed E-state index contributed by atoms with van der Waals surface area (Å²) in [7, 11) is 0. The smallest absolute Gasteiger partial charge is 0.266 e. The molecule has 0 aromatic heterocycles. The molecule has 0 aromatic rings. The topological polar surface area (TPSA) is 63.4 Å². The van der Waals surface area contributed by atoms with E-state index in [2.05, 4.69) is 6.58 Å². The fourth-order valence-corrected chi connectivity index (χ4v) is 2.58. The van der Waals surface area contributed by atoms with E-state index in [-0.39, 0.29) is 11.8 Å². The highest BCUT2D eigenvalue weighted by Crippen LogP contribution is 2.29. The van der Waals surface area contributed by atoms with E-state index in [0.717, 1.165) is 5.57 Å². The second-order valence-corrected chi connectivity index (χ2v) is 6.08. The Morgan fingerprint density at radius 2 is 1.91 bits per heavy atom. The maximum atomic E-state index is 12.6. The molecule has 1 aliphatic heterocycles. The monoisotopic (exact) mass is 310 g/mol. The van der Waals surface area contributed by atoms with Crippen LogP contribution in [0.3, 0.4) is 0 Å². The van der Waals surface area contributed by atoms with E-state index in [1.807, 2.05) is 32.1 Å². The van der Waals surface area contributed by atoms with Crippen molar-refractivity contribution in [3.8, 4) is 0 Å². The van der Waals surface area contributed by atoms with Gasteiger partial charge in [-0.1, -0.05) is 43.0 Å². The number of imide groups is 1. The molecule has 0 spiro atoms. The molecule has 2 amide bonds. The van der Waals surface area contributed by atoms with Crippen LogP contribution in [-0.4, -0.2) is 22.3 Å². The van der Waals surface area contributed by atoms with Crippen molar-refractivity contribution in [2.75, 3.05) is 0 Å². The lowest BCUT2D eigenvalue weighted by Crippen LogP contribution is -2.34. The number of carbonyl (C=O) groups excluding carboxylic acids is 2. The maximum absolute atomic E-state index is 12.6. The second-order valence-electron chi connectivity index (χ2n) is 6.08. The normalized spacial score (nSPS) is 19.4. The number of hydrogen-bond donors (Lipinski definition) is 1. The second kappa shape index (κ2) is 6.34. The third kappa shape index (κ3) is 3.17. The summed E-state index contributed by atoms with van der Waals surface area (Å²) in [5.41, 5.74) is 7.99. The molecule has 1 aliphatic carbocycles. The first-order valence-corrected chi connectivity index (χ1v) is 7.56. The Morgan fingerprint density at radius 3 is 2.48 bits per heavy atom. The third-order valence-electron chi connectivity index (χ3n) is 3.88. The number of nitrogens with zero attached hydrogens (tertiary/aromatic N) is 1. The summed E-state index contributed by atoms with van der Waals surface area (Å²) in [6.45, 7) is 9.31. The lowest BCUT2D eigenvalue weighted by Gasteiger charge is -2.22. The molecular formula is C19H22N2O2. The van der Waals surface area contributed by atoms with Crippen molar-refractivity contribution in [1.29, 1.82) is 0 Å². The van der Waals surface area contributed by atoms with Gasteiger partial charge in [-0.05, 0) is 38.8 Å². The molecule has 2 aliphatic rings. The van der Waals surface area contributed by atoms with Gasteiger partial charge in [-0.15, -0.1) is 0 Å². The Labute approximate surface area is 137 Å². The molecule has 0 atom stereocenters. The molecule has 0 bridgehead atoms. The van der Waals surface area contributed by atoms with Crippen molar-refractivity contribution < 1.29 is 9.59 Å². The zero-order valence-corrected chi connectivity index (χ0v) is 13.8. The van der Waals surface area contributed by atoms with Crippen LogP contribution in [0.25, 0.3) is 0 Å². The first-order valence-electron chi connectivity index (χ1n) is 7.56. The summed E-state index contributed by atoms with van der Waals surface area (Å²) in [5.74, 6) is -0.668. The Morgan fingerprint density at radius 1 is 1.26 bits per heavy atom. The highest BCUT2D eigenvalue weighted by atomic mass is 16.2. The van der Waals surface area contributed by atoms with Gasteiger partial charge in [0.25, 0.3) is 11.8 Å². The number of nitrogens with two attached hydrogens (primary N) is 1. The fourth-order valence-electron chi connectivity index (χ4n) is 2.58. The molecule has 4 nitrogen and oxygen atoms in total. The summed E-state index contributed by atoms with van der Waals surface area (Å²) >= 11 is 0. The predicted octanol–water partition coefficient (Wildman–Crippen LogP) is 2.92. The number of allylic oxidation sites excluding steroid dienone is 5. The fraction of sp³-hybridized carbons (Fsp3) is 0.263. The van der Waals surface area contributed by atoms with E-state index in [1.54, 1.807) is 25.2 Å². The van der Waals surface area contributed by atoms with Crippen LogP contribution in [0.4, 0.5) is 0 Å². The highest BCUT2D eigenvalue weighted by Gasteiger charge is 2.37. The summed E-state index contributed by atoms with van der Waals surface area (Å²) in [4.78, 5) is 26.3. The van der Waals surface area contributed by atoms with Crippen LogP contribution >= 0.6 is 0 Å². The molecule has 0 aromatic carbocycles. The molecule has 0 unspecified atom stereocenters. The van der Waals surface area contributed by atoms with Crippen molar-refractivity contribution in [3.63, 3.8) is 0 Å². The van der Waals surface area contributed by atoms with E-state index >= 15 is 0 Å². The summed E-state index contributed by atoms with van der Waals surface area (Å²) in [6, 6.07) is 0. The molecule has 0 saturated carbocycles. The van der Waals surface area contributed by atoms with Gasteiger partial charge < -0.3 is 5.73 Å². The largest absolute Gasteiger partial charge is 0.322 e. The van der Waals surface area contributed by atoms with E-state index < -0.39 is 5.54 Å². The van der Waals surface area contributed by atoms with E-state index in [4.69, 9.17) is 5.73 Å². The zero-order valence-electron chi connectivity index (χ0n) is 13.8. The number of rotatable bonds is 4. The molecule has 1 heterocycles. The Kier molecular flexibility index (Phi) is 4.66. The van der Waals surface area contributed by atoms with Crippen LogP contribution in [0, 0.1) is 0 Å². The minimum Gasteiger partial charge on any atom is -0.322 e. The number of carbonyl (C=O) groups is 2. The van der Waals surface area contributed by atoms with E-state index in [1.165, 1.54) is 11.0 Å². The van der Waals surface area contributed by atoms with Gasteiger partial charge in [0, 0.05) is 11.2 Å². The Bertz CT molecular complexity index is 710. The van der Waals surface area contributed by atoms with Crippen molar-refractivity contribution in [2.24, 2.45) is 5.73 Å². The minimum absolute atomic E-state index is 0.325. The van der Waals surface area contributed by atoms with Crippen LogP contribution in [-0.2, 0) is 9.59 Å². The van der Waals surface area contributed by atoms with Gasteiger partial charge >= 0.3 is 0 Å². The van der Waals surface area contributed by atoms with Gasteiger partial charge in [0.2, 0.25) is 0 Å². The van der Waals surface area contributed by atoms with Crippen LogP contribution in [0.15, 0.2) is 71.5 Å². The van der Waals surface area contributed by atoms with Crippen molar-refractivity contribution in [3.05, 3.63) is 71.5 Å². The minimum atomic E-state index is -0.448. The van der Waals surface area contributed by atoms with Gasteiger partial charge in [0.1, 0.15) is 0 Å².